The van der Waals surface area contributed by atoms with Crippen LogP contribution < -0.4 is 14.8 Å². The monoisotopic (exact) mass is 363 g/mol. The summed E-state index contributed by atoms with van der Waals surface area (Å²) < 4.78 is 10.7. The molecule has 0 aliphatic carbocycles. The molecule has 27 heavy (non-hydrogen) atoms. The van der Waals surface area contributed by atoms with Crippen LogP contribution >= 0.6 is 0 Å². The van der Waals surface area contributed by atoms with Gasteiger partial charge in [0.2, 0.25) is 5.95 Å². The molecule has 0 spiro atoms. The van der Waals surface area contributed by atoms with Crippen molar-refractivity contribution in [2.75, 3.05) is 11.9 Å². The Labute approximate surface area is 158 Å². The molecule has 1 heterocycles. The summed E-state index contributed by atoms with van der Waals surface area (Å²) >= 11 is 0. The smallest absolute Gasteiger partial charge is 0.349 e. The van der Waals surface area contributed by atoms with Crippen LogP contribution in [0.3, 0.4) is 0 Å². The van der Waals surface area contributed by atoms with E-state index in [4.69, 9.17) is 9.47 Å². The molecule has 3 aromatic rings. The van der Waals surface area contributed by atoms with E-state index in [1.165, 1.54) is 0 Å². The zero-order chi connectivity index (χ0) is 19.2. The van der Waals surface area contributed by atoms with Crippen LogP contribution in [0.4, 0.5) is 11.6 Å². The van der Waals surface area contributed by atoms with E-state index in [9.17, 15) is 4.79 Å². The molecular formula is C21H21N3O3. The van der Waals surface area contributed by atoms with Gasteiger partial charge in [-0.15, -0.1) is 0 Å². The van der Waals surface area contributed by atoms with Crippen LogP contribution in [0.5, 0.6) is 11.5 Å². The van der Waals surface area contributed by atoms with Gasteiger partial charge in [-0.25, -0.2) is 14.8 Å². The molecule has 138 valence electrons. The summed E-state index contributed by atoms with van der Waals surface area (Å²) in [6.07, 6.45) is 0. The van der Waals surface area contributed by atoms with E-state index >= 15 is 0 Å². The standard InChI is InChI=1S/C21H21N3O3/c1-14-4-8-18(9-5-14)26-13-20(25)27-19-10-6-17(7-11-19)24-21-22-15(2)12-16(3)23-21/h4-12H,13H2,1-3H3,(H,22,23,24). The summed E-state index contributed by atoms with van der Waals surface area (Å²) in [5.41, 5.74) is 3.72. The van der Waals surface area contributed by atoms with Gasteiger partial charge in [0.15, 0.2) is 6.61 Å². The van der Waals surface area contributed by atoms with Crippen LogP contribution in [0.25, 0.3) is 0 Å². The fourth-order valence-electron chi connectivity index (χ4n) is 2.45. The molecule has 2 aromatic carbocycles. The Bertz CT molecular complexity index is 902. The van der Waals surface area contributed by atoms with Gasteiger partial charge >= 0.3 is 5.97 Å². The molecule has 0 aliphatic rings. The van der Waals surface area contributed by atoms with Crippen LogP contribution in [0, 0.1) is 20.8 Å². The van der Waals surface area contributed by atoms with Gasteiger partial charge in [0.05, 0.1) is 0 Å². The number of rotatable bonds is 6. The van der Waals surface area contributed by atoms with Crippen molar-refractivity contribution >= 4 is 17.6 Å². The minimum Gasteiger partial charge on any atom is -0.482 e. The summed E-state index contributed by atoms with van der Waals surface area (Å²) in [6, 6.07) is 16.4. The summed E-state index contributed by atoms with van der Waals surface area (Å²) in [4.78, 5) is 20.6. The molecule has 0 atom stereocenters. The fourth-order valence-corrected chi connectivity index (χ4v) is 2.45. The number of nitrogens with zero attached hydrogens (tertiary/aromatic N) is 2. The molecule has 0 fully saturated rings. The fraction of sp³-hybridized carbons (Fsp3) is 0.190. The molecular weight excluding hydrogens is 342 g/mol. The highest BCUT2D eigenvalue weighted by molar-refractivity contribution is 5.74. The largest absolute Gasteiger partial charge is 0.482 e. The van der Waals surface area contributed by atoms with E-state index in [0.29, 0.717) is 17.4 Å². The lowest BCUT2D eigenvalue weighted by atomic mass is 10.2. The van der Waals surface area contributed by atoms with Crippen LogP contribution in [0.2, 0.25) is 0 Å². The van der Waals surface area contributed by atoms with Crippen LogP contribution in [-0.4, -0.2) is 22.5 Å². The Balaban J connectivity index is 1.53. The van der Waals surface area contributed by atoms with Gasteiger partial charge < -0.3 is 14.8 Å². The quantitative estimate of drug-likeness (QED) is 0.524. The summed E-state index contributed by atoms with van der Waals surface area (Å²) in [7, 11) is 0. The first-order valence-electron chi connectivity index (χ1n) is 8.57. The van der Waals surface area contributed by atoms with Crippen molar-refractivity contribution < 1.29 is 14.3 Å². The Morgan fingerprint density at radius 2 is 1.48 bits per heavy atom. The maximum atomic E-state index is 11.9. The second-order valence-electron chi connectivity index (χ2n) is 6.20. The molecule has 0 amide bonds. The number of carbonyl (C=O) groups is 1. The Morgan fingerprint density at radius 3 is 2.11 bits per heavy atom. The Kier molecular flexibility index (Phi) is 5.66. The first-order chi connectivity index (χ1) is 13.0. The number of nitrogens with one attached hydrogen (secondary N) is 1. The minimum absolute atomic E-state index is 0.153. The van der Waals surface area contributed by atoms with Crippen molar-refractivity contribution in [1.82, 2.24) is 9.97 Å². The Hall–Kier alpha value is -3.41. The number of carbonyl (C=O) groups excluding carboxylic acids is 1. The van der Waals surface area contributed by atoms with Gasteiger partial charge in [-0.3, -0.25) is 0 Å². The summed E-state index contributed by atoms with van der Waals surface area (Å²) in [5, 5.41) is 3.13. The predicted molar refractivity (Wildman–Crippen MR) is 104 cm³/mol. The molecule has 0 unspecified atom stereocenters. The van der Waals surface area contributed by atoms with Crippen molar-refractivity contribution in [2.24, 2.45) is 0 Å². The lowest BCUT2D eigenvalue weighted by Gasteiger charge is -2.09. The van der Waals surface area contributed by atoms with Gasteiger partial charge in [0, 0.05) is 17.1 Å². The molecule has 6 heteroatoms. The van der Waals surface area contributed by atoms with E-state index in [0.717, 1.165) is 22.6 Å². The number of ether oxygens (including phenoxy) is 2. The van der Waals surface area contributed by atoms with Gasteiger partial charge in [-0.2, -0.15) is 0 Å². The Morgan fingerprint density at radius 1 is 0.889 bits per heavy atom. The normalized spacial score (nSPS) is 10.3. The van der Waals surface area contributed by atoms with Gasteiger partial charge in [-0.05, 0) is 63.2 Å². The maximum absolute atomic E-state index is 11.9. The summed E-state index contributed by atoms with van der Waals surface area (Å²) in [6.45, 7) is 5.67. The van der Waals surface area contributed by atoms with E-state index in [1.807, 2.05) is 51.1 Å². The number of anilines is 2. The number of benzene rings is 2. The van der Waals surface area contributed by atoms with Crippen molar-refractivity contribution in [2.45, 2.75) is 20.8 Å². The molecule has 0 radical (unpaired) electrons. The van der Waals surface area contributed by atoms with E-state index in [2.05, 4.69) is 15.3 Å². The topological polar surface area (TPSA) is 73.3 Å². The number of hydrogen-bond donors (Lipinski definition) is 1. The second-order valence-corrected chi connectivity index (χ2v) is 6.20. The summed E-state index contributed by atoms with van der Waals surface area (Å²) in [5.74, 6) is 1.14. The lowest BCUT2D eigenvalue weighted by molar-refractivity contribution is -0.136. The number of aromatic nitrogens is 2. The third-order valence-electron chi connectivity index (χ3n) is 3.70. The highest BCUT2D eigenvalue weighted by atomic mass is 16.6. The van der Waals surface area contributed by atoms with Crippen LogP contribution in [0.1, 0.15) is 17.0 Å². The molecule has 0 aliphatic heterocycles. The highest BCUT2D eigenvalue weighted by Gasteiger charge is 2.07. The SMILES string of the molecule is Cc1ccc(OCC(=O)Oc2ccc(Nc3nc(C)cc(C)n3)cc2)cc1. The number of hydrogen-bond acceptors (Lipinski definition) is 6. The molecule has 0 bridgehead atoms. The predicted octanol–water partition coefficient (Wildman–Crippen LogP) is 4.13. The third-order valence-corrected chi connectivity index (χ3v) is 3.70. The van der Waals surface area contributed by atoms with E-state index in [1.54, 1.807) is 24.3 Å². The van der Waals surface area contributed by atoms with Gasteiger partial charge in [0.1, 0.15) is 11.5 Å². The zero-order valence-corrected chi connectivity index (χ0v) is 15.5. The van der Waals surface area contributed by atoms with Crippen molar-refractivity contribution in [1.29, 1.82) is 0 Å². The van der Waals surface area contributed by atoms with Gasteiger partial charge in [0.25, 0.3) is 0 Å². The van der Waals surface area contributed by atoms with E-state index < -0.39 is 5.97 Å². The van der Waals surface area contributed by atoms with E-state index in [-0.39, 0.29) is 6.61 Å². The molecule has 1 aromatic heterocycles. The molecule has 6 nitrogen and oxygen atoms in total. The molecule has 0 saturated heterocycles. The first kappa shape index (κ1) is 18.4. The molecule has 1 N–H and O–H groups in total. The van der Waals surface area contributed by atoms with Crippen molar-refractivity contribution in [3.63, 3.8) is 0 Å². The van der Waals surface area contributed by atoms with Crippen molar-refractivity contribution in [3.05, 3.63) is 71.5 Å². The van der Waals surface area contributed by atoms with Crippen molar-refractivity contribution in [3.8, 4) is 11.5 Å². The van der Waals surface area contributed by atoms with Crippen LogP contribution in [-0.2, 0) is 4.79 Å². The maximum Gasteiger partial charge on any atom is 0.349 e. The van der Waals surface area contributed by atoms with Crippen LogP contribution in [0.15, 0.2) is 54.6 Å². The average molecular weight is 363 g/mol. The number of esters is 1. The highest BCUT2D eigenvalue weighted by Crippen LogP contribution is 2.19. The minimum atomic E-state index is -0.464. The van der Waals surface area contributed by atoms with Gasteiger partial charge in [-0.1, -0.05) is 17.7 Å². The molecule has 0 saturated carbocycles. The third kappa shape index (κ3) is 5.54. The zero-order valence-electron chi connectivity index (χ0n) is 15.5. The second kappa shape index (κ2) is 8.31. The number of aryl methyl sites for hydroxylation is 3. The first-order valence-corrected chi connectivity index (χ1v) is 8.57. The average Bonchev–Trinajstić information content (AvgIpc) is 2.62. The molecule has 3 rings (SSSR count). The lowest BCUT2D eigenvalue weighted by Crippen LogP contribution is -2.17.